The lowest BCUT2D eigenvalue weighted by molar-refractivity contribution is 0.627. The number of hydrogen-bond donors (Lipinski definition) is 0. The van der Waals surface area contributed by atoms with E-state index in [4.69, 9.17) is 0 Å². The summed E-state index contributed by atoms with van der Waals surface area (Å²) in [6.07, 6.45) is 0. The molecule has 0 saturated heterocycles. The SMILES string of the molecule is C[Si](C)(C)C#Cc1ccc(F)cc1Br. The van der Waals surface area contributed by atoms with E-state index in [0.29, 0.717) is 0 Å². The molecule has 0 radical (unpaired) electrons. The monoisotopic (exact) mass is 270 g/mol. The summed E-state index contributed by atoms with van der Waals surface area (Å²) in [5.74, 6) is 2.84. The van der Waals surface area contributed by atoms with Crippen molar-refractivity contribution in [2.75, 3.05) is 0 Å². The molecule has 74 valence electrons. The quantitative estimate of drug-likeness (QED) is 0.497. The van der Waals surface area contributed by atoms with Crippen LogP contribution in [0.4, 0.5) is 4.39 Å². The molecule has 1 rings (SSSR count). The first-order valence-electron chi connectivity index (χ1n) is 4.37. The summed E-state index contributed by atoms with van der Waals surface area (Å²) in [6.45, 7) is 6.53. The van der Waals surface area contributed by atoms with Crippen LogP contribution < -0.4 is 0 Å². The van der Waals surface area contributed by atoms with Crippen LogP contribution in [0, 0.1) is 17.3 Å². The summed E-state index contributed by atoms with van der Waals surface area (Å²) >= 11 is 3.29. The van der Waals surface area contributed by atoms with E-state index in [1.807, 2.05) is 0 Å². The molecule has 3 heteroatoms. The maximum absolute atomic E-state index is 12.8. The molecule has 0 aromatic heterocycles. The van der Waals surface area contributed by atoms with Gasteiger partial charge in [-0.15, -0.1) is 5.54 Å². The molecule has 0 unspecified atom stereocenters. The van der Waals surface area contributed by atoms with Crippen LogP contribution in [0.15, 0.2) is 22.7 Å². The Bertz CT molecular complexity index is 396. The van der Waals surface area contributed by atoms with Gasteiger partial charge in [-0.05, 0) is 34.1 Å². The zero-order valence-corrected chi connectivity index (χ0v) is 11.1. The minimum Gasteiger partial charge on any atom is -0.207 e. The molecule has 0 aliphatic rings. The van der Waals surface area contributed by atoms with Crippen molar-refractivity contribution in [2.45, 2.75) is 19.6 Å². The van der Waals surface area contributed by atoms with Gasteiger partial charge < -0.3 is 0 Å². The van der Waals surface area contributed by atoms with Gasteiger partial charge in [-0.2, -0.15) is 0 Å². The van der Waals surface area contributed by atoms with Gasteiger partial charge in [0.1, 0.15) is 13.9 Å². The number of hydrogen-bond acceptors (Lipinski definition) is 0. The first kappa shape index (κ1) is 11.5. The van der Waals surface area contributed by atoms with Gasteiger partial charge in [0, 0.05) is 10.0 Å². The fraction of sp³-hybridized carbons (Fsp3) is 0.273. The van der Waals surface area contributed by atoms with Gasteiger partial charge in [0.25, 0.3) is 0 Å². The lowest BCUT2D eigenvalue weighted by Gasteiger charge is -2.03. The van der Waals surface area contributed by atoms with E-state index < -0.39 is 8.07 Å². The standard InChI is InChI=1S/C11H12BrFSi/c1-14(2,3)7-6-9-4-5-10(13)8-11(9)12/h4-5,8H,1-3H3. The topological polar surface area (TPSA) is 0 Å². The highest BCUT2D eigenvalue weighted by Crippen LogP contribution is 2.17. The van der Waals surface area contributed by atoms with Crippen LogP contribution in [-0.2, 0) is 0 Å². The first-order valence-corrected chi connectivity index (χ1v) is 8.66. The minimum atomic E-state index is -1.35. The van der Waals surface area contributed by atoms with E-state index in [-0.39, 0.29) is 5.82 Å². The molecule has 0 atom stereocenters. The van der Waals surface area contributed by atoms with E-state index in [2.05, 4.69) is 47.0 Å². The van der Waals surface area contributed by atoms with Crippen molar-refractivity contribution in [1.29, 1.82) is 0 Å². The second kappa shape index (κ2) is 4.29. The summed E-state index contributed by atoms with van der Waals surface area (Å²) in [5.41, 5.74) is 4.09. The number of rotatable bonds is 0. The van der Waals surface area contributed by atoms with Gasteiger partial charge in [-0.25, -0.2) is 4.39 Å². The van der Waals surface area contributed by atoms with Gasteiger partial charge in [0.05, 0.1) is 0 Å². The molecule has 1 aromatic rings. The molecule has 0 nitrogen and oxygen atoms in total. The van der Waals surface area contributed by atoms with Crippen LogP contribution in [-0.4, -0.2) is 8.07 Å². The maximum Gasteiger partial charge on any atom is 0.129 e. The summed E-state index contributed by atoms with van der Waals surface area (Å²) in [4.78, 5) is 0. The van der Waals surface area contributed by atoms with Gasteiger partial charge in [0.2, 0.25) is 0 Å². The van der Waals surface area contributed by atoms with Crippen LogP contribution in [0.2, 0.25) is 19.6 Å². The van der Waals surface area contributed by atoms with Crippen molar-refractivity contribution in [3.63, 3.8) is 0 Å². The molecular weight excluding hydrogens is 259 g/mol. The molecule has 0 heterocycles. The molecule has 0 saturated carbocycles. The lowest BCUT2D eigenvalue weighted by atomic mass is 10.2. The average molecular weight is 271 g/mol. The highest BCUT2D eigenvalue weighted by Gasteiger charge is 2.07. The van der Waals surface area contributed by atoms with Crippen molar-refractivity contribution in [2.24, 2.45) is 0 Å². The van der Waals surface area contributed by atoms with E-state index in [9.17, 15) is 4.39 Å². The van der Waals surface area contributed by atoms with Crippen molar-refractivity contribution in [1.82, 2.24) is 0 Å². The second-order valence-corrected chi connectivity index (χ2v) is 9.73. The van der Waals surface area contributed by atoms with Crippen molar-refractivity contribution < 1.29 is 4.39 Å². The molecule has 0 N–H and O–H groups in total. The van der Waals surface area contributed by atoms with E-state index in [0.717, 1.165) is 10.0 Å². The number of halogens is 2. The Morgan fingerprint density at radius 3 is 2.43 bits per heavy atom. The summed E-state index contributed by atoms with van der Waals surface area (Å²) in [5, 5.41) is 0. The second-order valence-electron chi connectivity index (χ2n) is 4.12. The largest absolute Gasteiger partial charge is 0.207 e. The fourth-order valence-corrected chi connectivity index (χ4v) is 1.81. The van der Waals surface area contributed by atoms with Crippen LogP contribution in [0.3, 0.4) is 0 Å². The van der Waals surface area contributed by atoms with E-state index in [1.165, 1.54) is 12.1 Å². The highest BCUT2D eigenvalue weighted by molar-refractivity contribution is 9.10. The van der Waals surface area contributed by atoms with Crippen LogP contribution in [0.25, 0.3) is 0 Å². The third-order valence-corrected chi connectivity index (χ3v) is 3.03. The zero-order chi connectivity index (χ0) is 10.8. The predicted molar refractivity (Wildman–Crippen MR) is 64.3 cm³/mol. The average Bonchev–Trinajstić information content (AvgIpc) is 2.00. The Hall–Kier alpha value is -0.593. The van der Waals surface area contributed by atoms with Gasteiger partial charge >= 0.3 is 0 Å². The Balaban J connectivity index is 3.02. The summed E-state index contributed by atoms with van der Waals surface area (Å²) < 4.78 is 13.5. The molecule has 0 fully saturated rings. The third kappa shape index (κ3) is 3.65. The fourth-order valence-electron chi connectivity index (χ4n) is 0.846. The lowest BCUT2D eigenvalue weighted by Crippen LogP contribution is -2.16. The molecule has 0 bridgehead atoms. The highest BCUT2D eigenvalue weighted by atomic mass is 79.9. The Labute approximate surface area is 93.7 Å². The molecule has 0 amide bonds. The first-order chi connectivity index (χ1) is 6.38. The van der Waals surface area contributed by atoms with Crippen LogP contribution >= 0.6 is 15.9 Å². The molecule has 1 aromatic carbocycles. The van der Waals surface area contributed by atoms with Gasteiger partial charge in [-0.3, -0.25) is 0 Å². The van der Waals surface area contributed by atoms with Crippen molar-refractivity contribution in [3.05, 3.63) is 34.1 Å². The van der Waals surface area contributed by atoms with Gasteiger partial charge in [-0.1, -0.05) is 25.6 Å². The molecule has 0 spiro atoms. The van der Waals surface area contributed by atoms with E-state index in [1.54, 1.807) is 6.07 Å². The number of benzene rings is 1. The third-order valence-electron chi connectivity index (χ3n) is 1.50. The van der Waals surface area contributed by atoms with Gasteiger partial charge in [0.15, 0.2) is 0 Å². The Morgan fingerprint density at radius 1 is 1.29 bits per heavy atom. The molecule has 0 aliphatic carbocycles. The van der Waals surface area contributed by atoms with Crippen LogP contribution in [0.5, 0.6) is 0 Å². The zero-order valence-electron chi connectivity index (χ0n) is 8.49. The predicted octanol–water partition coefficient (Wildman–Crippen LogP) is 3.82. The smallest absolute Gasteiger partial charge is 0.129 e. The molecule has 14 heavy (non-hydrogen) atoms. The minimum absolute atomic E-state index is 0.240. The maximum atomic E-state index is 12.8. The normalized spacial score (nSPS) is 10.6. The Morgan fingerprint density at radius 2 is 1.93 bits per heavy atom. The molecular formula is C11H12BrFSi. The van der Waals surface area contributed by atoms with Crippen molar-refractivity contribution in [3.8, 4) is 11.5 Å². The van der Waals surface area contributed by atoms with E-state index >= 15 is 0 Å². The summed E-state index contributed by atoms with van der Waals surface area (Å²) in [6, 6.07) is 4.57. The van der Waals surface area contributed by atoms with Crippen molar-refractivity contribution >= 4 is 24.0 Å². The van der Waals surface area contributed by atoms with Crippen LogP contribution in [0.1, 0.15) is 5.56 Å². The summed E-state index contributed by atoms with van der Waals surface area (Å²) in [7, 11) is -1.35. The Kier molecular flexibility index (Phi) is 3.52. The molecule has 0 aliphatic heterocycles.